The highest BCUT2D eigenvalue weighted by atomic mass is 127. The van der Waals surface area contributed by atoms with Crippen LogP contribution in [-0.2, 0) is 9.84 Å². The second kappa shape index (κ2) is 7.23. The normalized spacial score (nSPS) is 20.4. The highest BCUT2D eigenvalue weighted by Gasteiger charge is 2.32. The highest BCUT2D eigenvalue weighted by molar-refractivity contribution is 14.1. The molecule has 0 aliphatic carbocycles. The number of sulfone groups is 1. The second-order valence-electron chi connectivity index (χ2n) is 5.85. The summed E-state index contributed by atoms with van der Waals surface area (Å²) in [6.07, 6.45) is 0.433. The molecule has 126 valence electrons. The predicted molar refractivity (Wildman–Crippen MR) is 103 cm³/mol. The van der Waals surface area contributed by atoms with Crippen LogP contribution in [0.2, 0.25) is 0 Å². The number of carbonyl (C=O) groups is 1. The van der Waals surface area contributed by atoms with Crippen molar-refractivity contribution in [2.24, 2.45) is 0 Å². The van der Waals surface area contributed by atoms with Crippen LogP contribution < -0.4 is 0 Å². The van der Waals surface area contributed by atoms with Gasteiger partial charge < -0.3 is 4.90 Å². The minimum absolute atomic E-state index is 0.00265. The number of hydrogen-bond donors (Lipinski definition) is 0. The molecule has 2 aromatic rings. The van der Waals surface area contributed by atoms with Gasteiger partial charge in [0.2, 0.25) is 0 Å². The van der Waals surface area contributed by atoms with E-state index in [0.29, 0.717) is 18.5 Å². The molecule has 1 saturated heterocycles. The molecule has 2 aromatic carbocycles. The van der Waals surface area contributed by atoms with E-state index < -0.39 is 15.1 Å². The van der Waals surface area contributed by atoms with Crippen molar-refractivity contribution in [3.8, 4) is 0 Å². The fourth-order valence-corrected chi connectivity index (χ4v) is 5.12. The molecule has 0 N–H and O–H groups in total. The Morgan fingerprint density at radius 1 is 1.00 bits per heavy atom. The van der Waals surface area contributed by atoms with E-state index in [1.54, 1.807) is 17.0 Å². The number of nitrogens with zero attached hydrogens (tertiary/aromatic N) is 1. The zero-order chi connectivity index (χ0) is 17.2. The molecular weight excluding hydrogens is 437 g/mol. The predicted octanol–water partition coefficient (Wildman–Crippen LogP) is 3.29. The van der Waals surface area contributed by atoms with E-state index in [1.165, 1.54) is 0 Å². The van der Waals surface area contributed by atoms with Crippen LogP contribution >= 0.6 is 22.6 Å². The summed E-state index contributed by atoms with van der Waals surface area (Å²) in [5.74, 6) is -0.0989. The molecule has 4 nitrogen and oxygen atoms in total. The van der Waals surface area contributed by atoms with Gasteiger partial charge >= 0.3 is 0 Å². The molecule has 3 rings (SSSR count). The van der Waals surface area contributed by atoms with E-state index in [9.17, 15) is 13.2 Å². The third kappa shape index (κ3) is 3.80. The Morgan fingerprint density at radius 3 is 2.33 bits per heavy atom. The van der Waals surface area contributed by atoms with Crippen molar-refractivity contribution in [3.63, 3.8) is 0 Å². The van der Waals surface area contributed by atoms with Crippen molar-refractivity contribution in [1.29, 1.82) is 0 Å². The first-order valence-corrected chi connectivity index (χ1v) is 10.6. The minimum Gasteiger partial charge on any atom is -0.338 e. The molecule has 24 heavy (non-hydrogen) atoms. The smallest absolute Gasteiger partial charge is 0.253 e. The van der Waals surface area contributed by atoms with E-state index in [-0.39, 0.29) is 18.2 Å². The summed E-state index contributed by atoms with van der Waals surface area (Å²) in [4.78, 5) is 14.3. The van der Waals surface area contributed by atoms with E-state index in [1.807, 2.05) is 42.5 Å². The number of halogens is 1. The molecule has 0 bridgehead atoms. The minimum atomic E-state index is -3.26. The van der Waals surface area contributed by atoms with Gasteiger partial charge in [-0.3, -0.25) is 4.79 Å². The maximum atomic E-state index is 12.6. The van der Waals surface area contributed by atoms with Gasteiger partial charge in [-0.1, -0.05) is 30.3 Å². The summed E-state index contributed by atoms with van der Waals surface area (Å²) in [7, 11) is -3.26. The zero-order valence-electron chi connectivity index (χ0n) is 13.1. The van der Waals surface area contributed by atoms with Crippen molar-refractivity contribution in [2.45, 2.75) is 11.7 Å². The summed E-state index contributed by atoms with van der Waals surface area (Å²) in [5, 5.41) is -0.534. The number of benzene rings is 2. The van der Waals surface area contributed by atoms with Crippen LogP contribution in [0, 0.1) is 3.57 Å². The van der Waals surface area contributed by atoms with Crippen LogP contribution in [-0.4, -0.2) is 38.1 Å². The van der Waals surface area contributed by atoms with Crippen LogP contribution in [0.3, 0.4) is 0 Å². The van der Waals surface area contributed by atoms with Gasteiger partial charge in [-0.15, -0.1) is 0 Å². The molecule has 1 aliphatic heterocycles. The molecule has 1 aliphatic rings. The quantitative estimate of drug-likeness (QED) is 0.654. The fourth-order valence-electron chi connectivity index (χ4n) is 2.96. The Kier molecular flexibility index (Phi) is 5.24. The van der Waals surface area contributed by atoms with Crippen molar-refractivity contribution >= 4 is 38.3 Å². The van der Waals surface area contributed by atoms with Crippen molar-refractivity contribution in [3.05, 3.63) is 69.3 Å². The van der Waals surface area contributed by atoms with Crippen molar-refractivity contribution in [1.82, 2.24) is 4.90 Å². The first-order chi connectivity index (χ1) is 11.5. The standard InChI is InChI=1S/C18H18INO3S/c19-16-8-6-15(7-9-16)18(21)20-11-10-17(24(22,23)13-12-20)14-4-2-1-3-5-14/h1-9,17H,10-13H2. The first kappa shape index (κ1) is 17.4. The summed E-state index contributed by atoms with van der Waals surface area (Å²) >= 11 is 2.19. The largest absolute Gasteiger partial charge is 0.338 e. The van der Waals surface area contributed by atoms with Crippen LogP contribution in [0.1, 0.15) is 27.6 Å². The maximum absolute atomic E-state index is 12.6. The Labute approximate surface area is 155 Å². The Bertz CT molecular complexity index is 819. The van der Waals surface area contributed by atoms with Crippen LogP contribution in [0.4, 0.5) is 0 Å². The SMILES string of the molecule is O=C(c1ccc(I)cc1)N1CCC(c2ccccc2)S(=O)(=O)CC1. The van der Waals surface area contributed by atoms with Gasteiger partial charge in [0.25, 0.3) is 5.91 Å². The number of amides is 1. The topological polar surface area (TPSA) is 54.5 Å². The summed E-state index contributed by atoms with van der Waals surface area (Å²) in [5.41, 5.74) is 1.41. The second-order valence-corrected chi connectivity index (χ2v) is 9.40. The summed E-state index contributed by atoms with van der Waals surface area (Å²) in [6, 6.07) is 16.6. The molecule has 0 spiro atoms. The van der Waals surface area contributed by atoms with Crippen molar-refractivity contribution < 1.29 is 13.2 Å². The summed E-state index contributed by atoms with van der Waals surface area (Å²) < 4.78 is 26.3. The molecule has 6 heteroatoms. The van der Waals surface area contributed by atoms with Crippen LogP contribution in [0.15, 0.2) is 54.6 Å². The molecule has 1 unspecified atom stereocenters. The molecule has 0 radical (unpaired) electrons. The van der Waals surface area contributed by atoms with Crippen LogP contribution in [0.5, 0.6) is 0 Å². The van der Waals surface area contributed by atoms with E-state index in [0.717, 1.165) is 9.13 Å². The summed E-state index contributed by atoms with van der Waals surface area (Å²) in [6.45, 7) is 0.695. The lowest BCUT2D eigenvalue weighted by atomic mass is 10.1. The van der Waals surface area contributed by atoms with Gasteiger partial charge in [-0.2, -0.15) is 0 Å². The lowest BCUT2D eigenvalue weighted by Gasteiger charge is -2.20. The maximum Gasteiger partial charge on any atom is 0.253 e. The zero-order valence-corrected chi connectivity index (χ0v) is 16.0. The van der Waals surface area contributed by atoms with Gasteiger partial charge in [0.15, 0.2) is 9.84 Å². The van der Waals surface area contributed by atoms with Gasteiger partial charge in [0, 0.05) is 22.2 Å². The molecule has 1 heterocycles. The van der Waals surface area contributed by atoms with Gasteiger partial charge in [0.1, 0.15) is 0 Å². The number of rotatable bonds is 2. The Balaban J connectivity index is 1.81. The third-order valence-corrected chi connectivity index (χ3v) is 7.14. The van der Waals surface area contributed by atoms with E-state index in [2.05, 4.69) is 22.6 Å². The Hall–Kier alpha value is -1.41. The molecule has 1 atom stereocenters. The van der Waals surface area contributed by atoms with Gasteiger partial charge in [-0.25, -0.2) is 8.42 Å². The van der Waals surface area contributed by atoms with Gasteiger partial charge in [0.05, 0.1) is 11.0 Å². The van der Waals surface area contributed by atoms with E-state index >= 15 is 0 Å². The Morgan fingerprint density at radius 2 is 1.67 bits per heavy atom. The molecular formula is C18H18INO3S. The first-order valence-electron chi connectivity index (χ1n) is 7.79. The third-order valence-electron chi connectivity index (χ3n) is 4.29. The molecule has 0 saturated carbocycles. The fraction of sp³-hybridized carbons (Fsp3) is 0.278. The van der Waals surface area contributed by atoms with Crippen LogP contribution in [0.25, 0.3) is 0 Å². The average molecular weight is 455 g/mol. The molecule has 0 aromatic heterocycles. The average Bonchev–Trinajstić information content (AvgIpc) is 2.74. The highest BCUT2D eigenvalue weighted by Crippen LogP contribution is 2.29. The monoisotopic (exact) mass is 455 g/mol. The molecule has 1 fully saturated rings. The number of carbonyl (C=O) groups excluding carboxylic acids is 1. The van der Waals surface area contributed by atoms with Crippen molar-refractivity contribution in [2.75, 3.05) is 18.8 Å². The lowest BCUT2D eigenvalue weighted by Crippen LogP contribution is -2.33. The van der Waals surface area contributed by atoms with Gasteiger partial charge in [-0.05, 0) is 58.8 Å². The molecule has 1 amide bonds. The van der Waals surface area contributed by atoms with E-state index in [4.69, 9.17) is 0 Å². The number of hydrogen-bond acceptors (Lipinski definition) is 3. The lowest BCUT2D eigenvalue weighted by molar-refractivity contribution is 0.0766.